The molecule has 0 amide bonds. The average molecular weight is 322 g/mol. The first-order valence-electron chi connectivity index (χ1n) is 8.84. The number of ether oxygens (including phenoxy) is 1. The zero-order valence-corrected chi connectivity index (χ0v) is 16.5. The van der Waals surface area contributed by atoms with Gasteiger partial charge >= 0.3 is 0 Å². The van der Waals surface area contributed by atoms with E-state index in [-0.39, 0.29) is 10.8 Å². The van der Waals surface area contributed by atoms with Gasteiger partial charge in [-0.05, 0) is 19.3 Å². The summed E-state index contributed by atoms with van der Waals surface area (Å²) in [7, 11) is 2.09. The first kappa shape index (κ1) is 18.5. The second-order valence-electron chi connectivity index (χ2n) is 9.25. The van der Waals surface area contributed by atoms with E-state index >= 15 is 0 Å². The van der Waals surface area contributed by atoms with Crippen LogP contribution in [0.3, 0.4) is 0 Å². The maximum atomic E-state index is 5.87. The smallest absolute Gasteiger partial charge is 0.0805 e. The lowest BCUT2D eigenvalue weighted by Crippen LogP contribution is -2.45. The average Bonchev–Trinajstić information content (AvgIpc) is 2.63. The van der Waals surface area contributed by atoms with Crippen LogP contribution in [0.4, 0.5) is 0 Å². The largest absolute Gasteiger partial charge is 0.373 e. The van der Waals surface area contributed by atoms with Crippen LogP contribution < -0.4 is 0 Å². The van der Waals surface area contributed by atoms with Crippen LogP contribution >= 0.6 is 0 Å². The molecule has 0 spiro atoms. The number of aryl methyl sites for hydroxylation is 1. The fraction of sp³-hybridized carbons (Fsp3) is 0.842. The van der Waals surface area contributed by atoms with Crippen LogP contribution in [-0.4, -0.2) is 40.0 Å². The maximum absolute atomic E-state index is 5.87. The van der Waals surface area contributed by atoms with Crippen LogP contribution in [0.1, 0.15) is 72.3 Å². The van der Waals surface area contributed by atoms with Crippen molar-refractivity contribution >= 4 is 0 Å². The predicted molar refractivity (Wildman–Crippen MR) is 95.9 cm³/mol. The molecule has 132 valence electrons. The Bertz CT molecular complexity index is 538. The van der Waals surface area contributed by atoms with Crippen molar-refractivity contribution in [2.75, 3.05) is 13.1 Å². The van der Waals surface area contributed by atoms with Gasteiger partial charge in [-0.3, -0.25) is 9.58 Å². The minimum Gasteiger partial charge on any atom is -0.373 e. The molecule has 0 unspecified atom stereocenters. The summed E-state index contributed by atoms with van der Waals surface area (Å²) in [6.45, 7) is 20.9. The lowest BCUT2D eigenvalue weighted by atomic mass is 9.78. The van der Waals surface area contributed by atoms with Crippen molar-refractivity contribution in [1.29, 1.82) is 0 Å². The topological polar surface area (TPSA) is 30.3 Å². The normalized spacial score (nSPS) is 24.2. The highest BCUT2D eigenvalue weighted by molar-refractivity contribution is 5.37. The molecule has 0 bridgehead atoms. The summed E-state index contributed by atoms with van der Waals surface area (Å²) in [4.78, 5) is 2.49. The highest BCUT2D eigenvalue weighted by Gasteiger charge is 2.33. The van der Waals surface area contributed by atoms with Gasteiger partial charge in [0.2, 0.25) is 0 Å². The van der Waals surface area contributed by atoms with Crippen LogP contribution in [0.5, 0.6) is 0 Å². The third kappa shape index (κ3) is 4.16. The molecular weight excluding hydrogens is 286 g/mol. The summed E-state index contributed by atoms with van der Waals surface area (Å²) in [6, 6.07) is 0. The molecule has 0 N–H and O–H groups in total. The highest BCUT2D eigenvalue weighted by Crippen LogP contribution is 2.36. The second-order valence-corrected chi connectivity index (χ2v) is 9.25. The van der Waals surface area contributed by atoms with E-state index in [1.165, 1.54) is 17.0 Å². The molecule has 0 radical (unpaired) electrons. The van der Waals surface area contributed by atoms with Gasteiger partial charge in [0, 0.05) is 43.4 Å². The minimum absolute atomic E-state index is 0.0915. The highest BCUT2D eigenvalue weighted by atomic mass is 16.5. The first-order chi connectivity index (χ1) is 10.4. The van der Waals surface area contributed by atoms with E-state index in [9.17, 15) is 0 Å². The van der Waals surface area contributed by atoms with E-state index in [4.69, 9.17) is 9.84 Å². The number of hydrogen-bond donors (Lipinski definition) is 0. The summed E-state index contributed by atoms with van der Waals surface area (Å²) in [5, 5.41) is 4.92. The molecule has 1 aromatic rings. The van der Waals surface area contributed by atoms with Crippen molar-refractivity contribution in [3.05, 3.63) is 17.0 Å². The van der Waals surface area contributed by atoms with Gasteiger partial charge in [0.05, 0.1) is 17.9 Å². The van der Waals surface area contributed by atoms with Crippen LogP contribution in [0, 0.1) is 0 Å². The molecule has 4 heteroatoms. The van der Waals surface area contributed by atoms with Crippen molar-refractivity contribution in [3.63, 3.8) is 0 Å². The first-order valence-corrected chi connectivity index (χ1v) is 8.84. The fourth-order valence-corrected chi connectivity index (χ4v) is 3.96. The maximum Gasteiger partial charge on any atom is 0.0805 e. The summed E-state index contributed by atoms with van der Waals surface area (Å²) >= 11 is 0. The van der Waals surface area contributed by atoms with Crippen molar-refractivity contribution in [2.24, 2.45) is 7.05 Å². The predicted octanol–water partition coefficient (Wildman–Crippen LogP) is 3.62. The summed E-state index contributed by atoms with van der Waals surface area (Å²) in [5.74, 6) is 0. The Kier molecular flexibility index (Phi) is 4.99. The van der Waals surface area contributed by atoms with E-state index in [1.54, 1.807) is 0 Å². The van der Waals surface area contributed by atoms with Crippen LogP contribution in [-0.2, 0) is 29.2 Å². The molecule has 1 saturated heterocycles. The number of nitrogens with zero attached hydrogens (tertiary/aromatic N) is 3. The summed E-state index contributed by atoms with van der Waals surface area (Å²) < 4.78 is 7.97. The van der Waals surface area contributed by atoms with Gasteiger partial charge in [-0.1, -0.05) is 41.5 Å². The van der Waals surface area contributed by atoms with Crippen LogP contribution in [0.25, 0.3) is 0 Å². The minimum atomic E-state index is 0.0915. The van der Waals surface area contributed by atoms with E-state index in [2.05, 4.69) is 72.0 Å². The van der Waals surface area contributed by atoms with Crippen molar-refractivity contribution in [2.45, 2.75) is 85.0 Å². The Morgan fingerprint density at radius 1 is 1.00 bits per heavy atom. The molecule has 0 aliphatic carbocycles. The number of morpholine rings is 1. The van der Waals surface area contributed by atoms with Crippen molar-refractivity contribution in [3.8, 4) is 0 Å². The van der Waals surface area contributed by atoms with Gasteiger partial charge in [0.1, 0.15) is 0 Å². The van der Waals surface area contributed by atoms with Gasteiger partial charge < -0.3 is 4.74 Å². The molecule has 2 rings (SSSR count). The Hall–Kier alpha value is -0.870. The molecular formula is C19H35N3O. The Morgan fingerprint density at radius 2 is 1.52 bits per heavy atom. The molecule has 1 fully saturated rings. The lowest BCUT2D eigenvalue weighted by molar-refractivity contribution is -0.0708. The van der Waals surface area contributed by atoms with Gasteiger partial charge in [0.15, 0.2) is 0 Å². The molecule has 1 aliphatic rings. The molecule has 0 saturated carbocycles. The quantitative estimate of drug-likeness (QED) is 0.833. The monoisotopic (exact) mass is 321 g/mol. The SMILES string of the molecule is C[C@@H]1CN(Cc2nn(C)c(C(C)(C)C)c2C(C)(C)C)C[C@@H](C)O1. The number of rotatable bonds is 2. The lowest BCUT2D eigenvalue weighted by Gasteiger charge is -2.35. The number of aromatic nitrogens is 2. The van der Waals surface area contributed by atoms with E-state index in [0.717, 1.165) is 19.6 Å². The third-order valence-electron chi connectivity index (χ3n) is 4.45. The van der Waals surface area contributed by atoms with Gasteiger partial charge in [-0.2, -0.15) is 5.10 Å². The number of hydrogen-bond acceptors (Lipinski definition) is 3. The van der Waals surface area contributed by atoms with Gasteiger partial charge in [-0.15, -0.1) is 0 Å². The molecule has 23 heavy (non-hydrogen) atoms. The zero-order chi connectivity index (χ0) is 17.6. The van der Waals surface area contributed by atoms with E-state index in [0.29, 0.717) is 12.2 Å². The standard InChI is InChI=1S/C19H35N3O/c1-13-10-22(11-14(2)23-13)12-15-16(18(3,4)5)17(19(6,7)8)21(9)20-15/h13-14H,10-12H2,1-9H3/t13-,14-/m1/s1. The van der Waals surface area contributed by atoms with Crippen molar-refractivity contribution < 1.29 is 4.74 Å². The molecule has 4 nitrogen and oxygen atoms in total. The van der Waals surface area contributed by atoms with Crippen LogP contribution in [0.15, 0.2) is 0 Å². The summed E-state index contributed by atoms with van der Waals surface area (Å²) in [6.07, 6.45) is 0.588. The van der Waals surface area contributed by atoms with E-state index < -0.39 is 0 Å². The Morgan fingerprint density at radius 3 is 1.96 bits per heavy atom. The molecule has 2 atom stereocenters. The molecule has 1 aliphatic heterocycles. The molecule has 0 aromatic carbocycles. The molecule has 2 heterocycles. The third-order valence-corrected chi connectivity index (χ3v) is 4.45. The Balaban J connectivity index is 2.39. The Labute approximate surface area is 142 Å². The summed E-state index contributed by atoms with van der Waals surface area (Å²) in [5.41, 5.74) is 4.18. The zero-order valence-electron chi connectivity index (χ0n) is 16.5. The van der Waals surface area contributed by atoms with Crippen LogP contribution in [0.2, 0.25) is 0 Å². The van der Waals surface area contributed by atoms with Gasteiger partial charge in [-0.25, -0.2) is 0 Å². The van der Waals surface area contributed by atoms with Gasteiger partial charge in [0.25, 0.3) is 0 Å². The molecule has 1 aromatic heterocycles. The fourth-order valence-electron chi connectivity index (χ4n) is 3.96. The second kappa shape index (κ2) is 6.21. The van der Waals surface area contributed by atoms with Crippen molar-refractivity contribution in [1.82, 2.24) is 14.7 Å². The van der Waals surface area contributed by atoms with E-state index in [1.807, 2.05) is 0 Å².